The Morgan fingerprint density at radius 3 is 2.91 bits per heavy atom. The smallest absolute Gasteiger partial charge is 0.259 e. The van der Waals surface area contributed by atoms with Crippen molar-refractivity contribution in [1.82, 2.24) is 9.97 Å². The van der Waals surface area contributed by atoms with Crippen LogP contribution in [-0.4, -0.2) is 21.1 Å². The van der Waals surface area contributed by atoms with E-state index in [0.717, 1.165) is 54.3 Å². The number of aryl methyl sites for hydroxylation is 2. The number of H-pyrrole nitrogens is 1. The maximum Gasteiger partial charge on any atom is 0.259 e. The number of carbonyl (C=O) groups is 1. The number of thiophene rings is 2. The molecule has 172 valence electrons. The number of fused-ring (bicyclic) bond motifs is 4. The summed E-state index contributed by atoms with van der Waals surface area (Å²) in [4.78, 5) is 36.6. The molecule has 6 nitrogen and oxygen atoms in total. The van der Waals surface area contributed by atoms with E-state index < -0.39 is 0 Å². The zero-order chi connectivity index (χ0) is 23.1. The SMILES string of the molecule is CC1CCc2c(sc(NC(=O)C(C)SCc3nc4sc5c(c4c(=O)[nH]3)CCCC5)c2C#N)C1. The lowest BCUT2D eigenvalue weighted by atomic mass is 9.89. The highest BCUT2D eigenvalue weighted by molar-refractivity contribution is 7.99. The molecule has 2 N–H and O–H groups in total. The van der Waals surface area contributed by atoms with Gasteiger partial charge in [-0.05, 0) is 68.9 Å². The van der Waals surface area contributed by atoms with Gasteiger partial charge >= 0.3 is 0 Å². The van der Waals surface area contributed by atoms with Crippen molar-refractivity contribution >= 4 is 55.6 Å². The van der Waals surface area contributed by atoms with Gasteiger partial charge in [0.25, 0.3) is 5.56 Å². The topological polar surface area (TPSA) is 98.6 Å². The second-order valence-electron chi connectivity index (χ2n) is 9.01. The molecule has 0 spiro atoms. The van der Waals surface area contributed by atoms with Crippen LogP contribution in [0.15, 0.2) is 4.79 Å². The van der Waals surface area contributed by atoms with E-state index in [9.17, 15) is 14.9 Å². The molecule has 2 aliphatic carbocycles. The van der Waals surface area contributed by atoms with Crippen molar-refractivity contribution in [3.05, 3.63) is 42.6 Å². The third kappa shape index (κ3) is 4.36. The van der Waals surface area contributed by atoms with E-state index in [0.29, 0.717) is 28.1 Å². The van der Waals surface area contributed by atoms with Crippen molar-refractivity contribution in [3.8, 4) is 6.07 Å². The highest BCUT2D eigenvalue weighted by Gasteiger charge is 2.26. The summed E-state index contributed by atoms with van der Waals surface area (Å²) in [5.74, 6) is 1.54. The molecule has 2 atom stereocenters. The number of nitrogens with zero attached hydrogens (tertiary/aromatic N) is 2. The summed E-state index contributed by atoms with van der Waals surface area (Å²) in [6.45, 7) is 4.08. The number of aromatic amines is 1. The highest BCUT2D eigenvalue weighted by atomic mass is 32.2. The van der Waals surface area contributed by atoms with Crippen LogP contribution in [0.4, 0.5) is 5.00 Å². The predicted octanol–water partition coefficient (Wildman–Crippen LogP) is 5.18. The summed E-state index contributed by atoms with van der Waals surface area (Å²) < 4.78 is 0. The zero-order valence-corrected chi connectivity index (χ0v) is 21.2. The monoisotopic (exact) mass is 498 g/mol. The Labute approximate surface area is 204 Å². The number of hydrogen-bond acceptors (Lipinski definition) is 7. The number of nitrogens with one attached hydrogen (secondary N) is 2. The molecule has 2 unspecified atom stereocenters. The second-order valence-corrected chi connectivity index (χ2v) is 12.5. The van der Waals surface area contributed by atoms with Gasteiger partial charge in [-0.25, -0.2) is 4.98 Å². The molecule has 1 amide bonds. The molecule has 9 heteroatoms. The summed E-state index contributed by atoms with van der Waals surface area (Å²) in [6, 6.07) is 2.30. The first-order valence-electron chi connectivity index (χ1n) is 11.4. The van der Waals surface area contributed by atoms with Crippen molar-refractivity contribution < 1.29 is 4.79 Å². The molecule has 0 saturated carbocycles. The van der Waals surface area contributed by atoms with Crippen LogP contribution in [-0.2, 0) is 36.2 Å². The van der Waals surface area contributed by atoms with E-state index in [1.807, 2.05) is 6.92 Å². The second kappa shape index (κ2) is 9.24. The molecule has 0 fully saturated rings. The molecule has 0 aromatic carbocycles. The van der Waals surface area contributed by atoms with E-state index in [1.165, 1.54) is 33.5 Å². The number of aromatic nitrogens is 2. The molecular weight excluding hydrogens is 472 g/mol. The molecule has 3 aromatic heterocycles. The van der Waals surface area contributed by atoms with Crippen molar-refractivity contribution in [2.75, 3.05) is 5.32 Å². The minimum Gasteiger partial charge on any atom is -0.316 e. The van der Waals surface area contributed by atoms with Gasteiger partial charge < -0.3 is 10.3 Å². The van der Waals surface area contributed by atoms with E-state index in [1.54, 1.807) is 22.7 Å². The normalized spacial score (nSPS) is 18.4. The van der Waals surface area contributed by atoms with Crippen molar-refractivity contribution in [2.24, 2.45) is 5.92 Å². The maximum atomic E-state index is 12.9. The number of amides is 1. The van der Waals surface area contributed by atoms with E-state index >= 15 is 0 Å². The van der Waals surface area contributed by atoms with Gasteiger partial charge in [0.15, 0.2) is 0 Å². The van der Waals surface area contributed by atoms with Gasteiger partial charge in [0.05, 0.1) is 22.0 Å². The Bertz CT molecular complexity index is 1330. The fourth-order valence-electron chi connectivity index (χ4n) is 4.73. The number of thioether (sulfide) groups is 1. The van der Waals surface area contributed by atoms with Crippen molar-refractivity contribution in [2.45, 2.75) is 69.8 Å². The van der Waals surface area contributed by atoms with Gasteiger partial charge in [0.2, 0.25) is 5.91 Å². The Balaban J connectivity index is 1.27. The van der Waals surface area contributed by atoms with Gasteiger partial charge in [0, 0.05) is 9.75 Å². The third-order valence-electron chi connectivity index (χ3n) is 6.57. The number of anilines is 1. The van der Waals surface area contributed by atoms with Gasteiger partial charge in [-0.15, -0.1) is 34.4 Å². The Kier molecular flexibility index (Phi) is 6.34. The van der Waals surface area contributed by atoms with E-state index in [2.05, 4.69) is 23.3 Å². The van der Waals surface area contributed by atoms with Crippen LogP contribution in [0, 0.1) is 17.2 Å². The Hall–Kier alpha value is -2.15. The average Bonchev–Trinajstić information content (AvgIpc) is 3.34. The van der Waals surface area contributed by atoms with Crippen LogP contribution >= 0.6 is 34.4 Å². The molecule has 5 rings (SSSR count). The number of carbonyl (C=O) groups excluding carboxylic acids is 1. The molecule has 2 aliphatic rings. The Morgan fingerprint density at radius 1 is 1.27 bits per heavy atom. The summed E-state index contributed by atoms with van der Waals surface area (Å²) in [5.41, 5.74) is 2.86. The van der Waals surface area contributed by atoms with Crippen LogP contribution in [0.5, 0.6) is 0 Å². The quantitative estimate of drug-likeness (QED) is 0.505. The van der Waals surface area contributed by atoms with Gasteiger partial charge in [-0.1, -0.05) is 6.92 Å². The standard InChI is InChI=1S/C24H26N4O2S3/c1-12-7-8-14-16(10-25)23(33-18(14)9-12)28-21(29)13(2)31-11-19-26-22(30)20-15-5-3-4-6-17(15)32-24(20)27-19/h12-13H,3-9,11H2,1-2H3,(H,28,29)(H,26,27,30). The van der Waals surface area contributed by atoms with Crippen LogP contribution in [0.2, 0.25) is 0 Å². The zero-order valence-electron chi connectivity index (χ0n) is 18.7. The van der Waals surface area contributed by atoms with Crippen LogP contribution in [0.25, 0.3) is 10.2 Å². The van der Waals surface area contributed by atoms with Crippen LogP contribution < -0.4 is 10.9 Å². The molecule has 0 saturated heterocycles. The molecular formula is C24H26N4O2S3. The lowest BCUT2D eigenvalue weighted by molar-refractivity contribution is -0.115. The minimum absolute atomic E-state index is 0.0656. The molecule has 33 heavy (non-hydrogen) atoms. The number of rotatable bonds is 5. The Morgan fingerprint density at radius 2 is 2.09 bits per heavy atom. The molecule has 3 aromatic rings. The lowest BCUT2D eigenvalue weighted by Crippen LogP contribution is -2.23. The molecule has 0 aliphatic heterocycles. The van der Waals surface area contributed by atoms with Crippen molar-refractivity contribution in [3.63, 3.8) is 0 Å². The summed E-state index contributed by atoms with van der Waals surface area (Å²) in [7, 11) is 0. The largest absolute Gasteiger partial charge is 0.316 e. The summed E-state index contributed by atoms with van der Waals surface area (Å²) in [5, 5.41) is 13.7. The average molecular weight is 499 g/mol. The molecule has 0 radical (unpaired) electrons. The van der Waals surface area contributed by atoms with Crippen LogP contribution in [0.1, 0.15) is 65.4 Å². The summed E-state index contributed by atoms with van der Waals surface area (Å²) in [6.07, 6.45) is 7.26. The van der Waals surface area contributed by atoms with Gasteiger partial charge in [-0.3, -0.25) is 9.59 Å². The highest BCUT2D eigenvalue weighted by Crippen LogP contribution is 2.39. The molecule has 3 heterocycles. The summed E-state index contributed by atoms with van der Waals surface area (Å²) >= 11 is 4.62. The fraction of sp³-hybridized carbons (Fsp3) is 0.500. The van der Waals surface area contributed by atoms with Crippen molar-refractivity contribution in [1.29, 1.82) is 5.26 Å². The first-order chi connectivity index (χ1) is 15.9. The number of hydrogen-bond donors (Lipinski definition) is 2. The van der Waals surface area contributed by atoms with E-state index in [4.69, 9.17) is 4.98 Å². The van der Waals surface area contributed by atoms with Crippen LogP contribution in [0.3, 0.4) is 0 Å². The fourth-order valence-corrected chi connectivity index (χ4v) is 8.13. The predicted molar refractivity (Wildman–Crippen MR) is 136 cm³/mol. The minimum atomic E-state index is -0.341. The maximum absolute atomic E-state index is 12.9. The first kappa shape index (κ1) is 22.6. The number of nitriles is 1. The first-order valence-corrected chi connectivity index (χ1v) is 14.1. The molecule has 0 bridgehead atoms. The lowest BCUT2D eigenvalue weighted by Gasteiger charge is -2.17. The van der Waals surface area contributed by atoms with Gasteiger partial charge in [0.1, 0.15) is 21.7 Å². The third-order valence-corrected chi connectivity index (χ3v) is 10.1. The van der Waals surface area contributed by atoms with Gasteiger partial charge in [-0.2, -0.15) is 5.26 Å². The van der Waals surface area contributed by atoms with E-state index in [-0.39, 0.29) is 16.7 Å².